The molecule has 0 spiro atoms. The maximum atomic E-state index is 2.44. The summed E-state index contributed by atoms with van der Waals surface area (Å²) in [7, 11) is 0. The molecular weight excluding hydrogens is 585 g/mol. The Kier molecular flexibility index (Phi) is 5.85. The second-order valence-corrected chi connectivity index (χ2v) is 13.4. The summed E-state index contributed by atoms with van der Waals surface area (Å²) in [6, 6.07) is 62.5. The van der Waals surface area contributed by atoms with Crippen molar-refractivity contribution in [1.82, 2.24) is 0 Å². The van der Waals surface area contributed by atoms with Crippen LogP contribution in [0.2, 0.25) is 0 Å². The van der Waals surface area contributed by atoms with E-state index in [9.17, 15) is 0 Å². The number of benzene rings is 9. The van der Waals surface area contributed by atoms with Gasteiger partial charge in [-0.25, -0.2) is 0 Å². The van der Waals surface area contributed by atoms with Crippen LogP contribution in [0.25, 0.3) is 96.6 Å². The molecule has 0 saturated heterocycles. The van der Waals surface area contributed by atoms with Gasteiger partial charge in [-0.3, -0.25) is 0 Å². The van der Waals surface area contributed by atoms with Gasteiger partial charge in [-0.15, -0.1) is 11.3 Å². The van der Waals surface area contributed by atoms with E-state index in [0.29, 0.717) is 0 Å². The lowest BCUT2D eigenvalue weighted by Crippen LogP contribution is -1.91. The highest BCUT2D eigenvalue weighted by Crippen LogP contribution is 2.48. The first-order valence-corrected chi connectivity index (χ1v) is 17.0. The first-order chi connectivity index (χ1) is 23.3. The fourth-order valence-electron chi connectivity index (χ4n) is 7.77. The molecule has 1 heterocycles. The van der Waals surface area contributed by atoms with Gasteiger partial charge in [0.2, 0.25) is 0 Å². The molecule has 1 aromatic heterocycles. The lowest BCUT2D eigenvalue weighted by atomic mass is 9.85. The third kappa shape index (κ3) is 4.00. The van der Waals surface area contributed by atoms with Crippen molar-refractivity contribution < 1.29 is 0 Å². The molecule has 218 valence electrons. The molecule has 47 heavy (non-hydrogen) atoms. The van der Waals surface area contributed by atoms with Crippen molar-refractivity contribution >= 4 is 74.6 Å². The zero-order valence-electron chi connectivity index (χ0n) is 25.6. The standard InChI is InChI=1S/C46H28S/c1-2-12-29(13-3-1)30-22-24-31(25-23-30)43-36-17-7-9-19-38(36)44(39-20-10-8-18-37(39)43)32-26-27-41-42(28-32)47-46-40-21-11-5-15-34(40)33-14-4-6-16-35(33)45(41)46/h1-28H. The third-order valence-electron chi connectivity index (χ3n) is 9.85. The second kappa shape index (κ2) is 10.4. The van der Waals surface area contributed by atoms with Gasteiger partial charge in [-0.05, 0) is 77.2 Å². The Bertz CT molecular complexity index is 2760. The fraction of sp³-hybridized carbons (Fsp3) is 0. The van der Waals surface area contributed by atoms with Gasteiger partial charge in [-0.2, -0.15) is 0 Å². The normalized spacial score (nSPS) is 11.8. The van der Waals surface area contributed by atoms with Crippen LogP contribution in [-0.2, 0) is 0 Å². The van der Waals surface area contributed by atoms with Gasteiger partial charge >= 0.3 is 0 Å². The summed E-state index contributed by atoms with van der Waals surface area (Å²) in [5, 5.41) is 13.1. The van der Waals surface area contributed by atoms with E-state index in [1.807, 2.05) is 11.3 Å². The minimum absolute atomic E-state index is 1.23. The van der Waals surface area contributed by atoms with Gasteiger partial charge in [0.15, 0.2) is 0 Å². The fourth-order valence-corrected chi connectivity index (χ4v) is 9.07. The van der Waals surface area contributed by atoms with Gasteiger partial charge in [0.25, 0.3) is 0 Å². The monoisotopic (exact) mass is 612 g/mol. The zero-order valence-corrected chi connectivity index (χ0v) is 26.4. The second-order valence-electron chi connectivity index (χ2n) is 12.4. The molecule has 0 N–H and O–H groups in total. The lowest BCUT2D eigenvalue weighted by Gasteiger charge is -2.18. The van der Waals surface area contributed by atoms with E-state index in [-0.39, 0.29) is 0 Å². The molecule has 10 aromatic rings. The number of hydrogen-bond acceptors (Lipinski definition) is 1. The predicted octanol–water partition coefficient (Wildman–Crippen LogP) is 13.7. The molecule has 0 bridgehead atoms. The minimum atomic E-state index is 1.23. The van der Waals surface area contributed by atoms with Crippen molar-refractivity contribution in [3.8, 4) is 33.4 Å². The van der Waals surface area contributed by atoms with Crippen LogP contribution in [0.3, 0.4) is 0 Å². The Morgan fingerprint density at radius 1 is 0.277 bits per heavy atom. The Hall–Kier alpha value is -5.76. The Morgan fingerprint density at radius 2 is 0.702 bits per heavy atom. The van der Waals surface area contributed by atoms with Crippen LogP contribution in [0.1, 0.15) is 0 Å². The quantitative estimate of drug-likeness (QED) is 0.138. The highest BCUT2D eigenvalue weighted by atomic mass is 32.1. The summed E-state index contributed by atoms with van der Waals surface area (Å²) >= 11 is 1.93. The SMILES string of the molecule is c1ccc(-c2ccc(-c3c4ccccc4c(-c4ccc5c(c4)sc4c6ccccc6c6ccccc6c54)c4ccccc34)cc2)cc1. The molecule has 0 aliphatic rings. The highest BCUT2D eigenvalue weighted by molar-refractivity contribution is 7.27. The summed E-state index contributed by atoms with van der Waals surface area (Å²) in [5.41, 5.74) is 7.56. The van der Waals surface area contributed by atoms with E-state index in [0.717, 1.165) is 0 Å². The van der Waals surface area contributed by atoms with Crippen LogP contribution >= 0.6 is 11.3 Å². The largest absolute Gasteiger partial charge is 0.134 e. The summed E-state index contributed by atoms with van der Waals surface area (Å²) in [6.07, 6.45) is 0. The van der Waals surface area contributed by atoms with Crippen molar-refractivity contribution in [3.05, 3.63) is 170 Å². The van der Waals surface area contributed by atoms with Crippen LogP contribution in [0.4, 0.5) is 0 Å². The first kappa shape index (κ1) is 26.5. The third-order valence-corrected chi connectivity index (χ3v) is 11.0. The van der Waals surface area contributed by atoms with Gasteiger partial charge in [0, 0.05) is 25.6 Å². The first-order valence-electron chi connectivity index (χ1n) is 16.2. The van der Waals surface area contributed by atoms with Gasteiger partial charge < -0.3 is 0 Å². The summed E-state index contributed by atoms with van der Waals surface area (Å²) in [5.74, 6) is 0. The van der Waals surface area contributed by atoms with Crippen molar-refractivity contribution in [1.29, 1.82) is 0 Å². The van der Waals surface area contributed by atoms with Crippen molar-refractivity contribution in [2.24, 2.45) is 0 Å². The number of thiophene rings is 1. The van der Waals surface area contributed by atoms with E-state index in [2.05, 4.69) is 170 Å². The molecule has 0 radical (unpaired) electrons. The van der Waals surface area contributed by atoms with Crippen LogP contribution in [0.15, 0.2) is 170 Å². The van der Waals surface area contributed by atoms with Crippen LogP contribution in [-0.4, -0.2) is 0 Å². The molecule has 0 aliphatic heterocycles. The van der Waals surface area contributed by atoms with Crippen molar-refractivity contribution in [2.75, 3.05) is 0 Å². The van der Waals surface area contributed by atoms with Gasteiger partial charge in [-0.1, -0.05) is 164 Å². The molecule has 0 unspecified atom stereocenters. The minimum Gasteiger partial charge on any atom is -0.134 e. The van der Waals surface area contributed by atoms with Crippen LogP contribution < -0.4 is 0 Å². The molecule has 0 nitrogen and oxygen atoms in total. The number of hydrogen-bond donors (Lipinski definition) is 0. The molecule has 10 rings (SSSR count). The maximum absolute atomic E-state index is 2.44. The van der Waals surface area contributed by atoms with Gasteiger partial charge in [0.1, 0.15) is 0 Å². The summed E-state index contributed by atoms with van der Waals surface area (Å²) < 4.78 is 2.70. The van der Waals surface area contributed by atoms with E-state index in [1.54, 1.807) is 0 Å². The van der Waals surface area contributed by atoms with Crippen LogP contribution in [0.5, 0.6) is 0 Å². The Morgan fingerprint density at radius 3 is 1.32 bits per heavy atom. The van der Waals surface area contributed by atoms with Gasteiger partial charge in [0.05, 0.1) is 0 Å². The van der Waals surface area contributed by atoms with Crippen molar-refractivity contribution in [3.63, 3.8) is 0 Å². The molecule has 0 aliphatic carbocycles. The number of fused-ring (bicyclic) bond motifs is 10. The molecule has 0 fully saturated rings. The highest BCUT2D eigenvalue weighted by Gasteiger charge is 2.19. The molecule has 0 atom stereocenters. The predicted molar refractivity (Wildman–Crippen MR) is 206 cm³/mol. The molecule has 0 amide bonds. The molecule has 1 heteroatoms. The number of rotatable bonds is 3. The lowest BCUT2D eigenvalue weighted by molar-refractivity contribution is 1.61. The van der Waals surface area contributed by atoms with E-state index >= 15 is 0 Å². The Balaban J connectivity index is 1.23. The van der Waals surface area contributed by atoms with E-state index < -0.39 is 0 Å². The molecular formula is C46H28S. The zero-order chi connectivity index (χ0) is 30.9. The topological polar surface area (TPSA) is 0 Å². The van der Waals surface area contributed by atoms with E-state index in [4.69, 9.17) is 0 Å². The Labute approximate surface area is 276 Å². The summed E-state index contributed by atoms with van der Waals surface area (Å²) in [6.45, 7) is 0. The van der Waals surface area contributed by atoms with Crippen LogP contribution in [0, 0.1) is 0 Å². The maximum Gasteiger partial charge on any atom is 0.0440 e. The smallest absolute Gasteiger partial charge is 0.0440 e. The average Bonchev–Trinajstić information content (AvgIpc) is 3.54. The van der Waals surface area contributed by atoms with E-state index in [1.165, 1.54) is 96.6 Å². The average molecular weight is 613 g/mol. The molecule has 0 saturated carbocycles. The van der Waals surface area contributed by atoms with Crippen molar-refractivity contribution in [2.45, 2.75) is 0 Å². The molecule has 9 aromatic carbocycles. The summed E-state index contributed by atoms with van der Waals surface area (Å²) in [4.78, 5) is 0.